The molecule has 0 aliphatic carbocycles. The van der Waals surface area contributed by atoms with E-state index in [1.54, 1.807) is 19.2 Å². The molecule has 0 amide bonds. The molecule has 7 heteroatoms. The summed E-state index contributed by atoms with van der Waals surface area (Å²) >= 11 is 5.60. The zero-order valence-electron chi connectivity index (χ0n) is 15.6. The molecule has 2 aromatic rings. The second-order valence-electron chi connectivity index (χ2n) is 6.11. The number of thiocarbonyl (C=S) groups is 1. The van der Waals surface area contributed by atoms with Crippen LogP contribution < -0.4 is 14.8 Å². The van der Waals surface area contributed by atoms with Gasteiger partial charge in [0.15, 0.2) is 16.6 Å². The summed E-state index contributed by atoms with van der Waals surface area (Å²) in [6, 6.07) is 11.6. The first-order valence-electron chi connectivity index (χ1n) is 8.54. The van der Waals surface area contributed by atoms with E-state index >= 15 is 0 Å². The molecular formula is C20H22N2O4S. The fourth-order valence-corrected chi connectivity index (χ4v) is 3.39. The summed E-state index contributed by atoms with van der Waals surface area (Å²) in [5.41, 5.74) is 3.45. The summed E-state index contributed by atoms with van der Waals surface area (Å²) < 4.78 is 15.5. The molecule has 1 heterocycles. The highest BCUT2D eigenvalue weighted by atomic mass is 32.1. The first-order chi connectivity index (χ1) is 13.1. The van der Waals surface area contributed by atoms with E-state index in [-0.39, 0.29) is 0 Å². The normalized spacial score (nSPS) is 12.8. The third-order valence-electron chi connectivity index (χ3n) is 4.59. The van der Waals surface area contributed by atoms with E-state index in [0.29, 0.717) is 27.9 Å². The Kier molecular flexibility index (Phi) is 5.81. The van der Waals surface area contributed by atoms with Crippen molar-refractivity contribution < 1.29 is 19.0 Å². The molecule has 1 N–H and O–H groups in total. The molecule has 0 spiro atoms. The lowest BCUT2D eigenvalue weighted by Gasteiger charge is -2.31. The van der Waals surface area contributed by atoms with Crippen molar-refractivity contribution in [2.24, 2.45) is 0 Å². The van der Waals surface area contributed by atoms with Crippen LogP contribution in [0.2, 0.25) is 0 Å². The predicted molar refractivity (Wildman–Crippen MR) is 108 cm³/mol. The molecule has 3 rings (SSSR count). The van der Waals surface area contributed by atoms with Crippen LogP contribution in [0.15, 0.2) is 36.4 Å². The number of hydrogen-bond acceptors (Lipinski definition) is 5. The fourth-order valence-electron chi connectivity index (χ4n) is 3.12. The Morgan fingerprint density at radius 2 is 1.74 bits per heavy atom. The first kappa shape index (κ1) is 19.0. The molecule has 0 unspecified atom stereocenters. The van der Waals surface area contributed by atoms with Crippen molar-refractivity contribution in [1.29, 1.82) is 0 Å². The van der Waals surface area contributed by atoms with Crippen molar-refractivity contribution >= 4 is 29.0 Å². The maximum absolute atomic E-state index is 12.2. The van der Waals surface area contributed by atoms with Gasteiger partial charge in [-0.3, -0.25) is 0 Å². The molecular weight excluding hydrogens is 364 g/mol. The van der Waals surface area contributed by atoms with Gasteiger partial charge in [-0.15, -0.1) is 0 Å². The van der Waals surface area contributed by atoms with Gasteiger partial charge in [0.05, 0.1) is 32.6 Å². The van der Waals surface area contributed by atoms with Gasteiger partial charge in [0.1, 0.15) is 0 Å². The van der Waals surface area contributed by atoms with Gasteiger partial charge in [0.2, 0.25) is 0 Å². The molecule has 142 valence electrons. The smallest absolute Gasteiger partial charge is 0.340 e. The topological polar surface area (TPSA) is 60.0 Å². The quantitative estimate of drug-likeness (QED) is 0.639. The van der Waals surface area contributed by atoms with Crippen LogP contribution in [0.1, 0.15) is 21.5 Å². The number of carbonyl (C=O) groups excluding carboxylic acids is 1. The number of ether oxygens (including phenoxy) is 3. The molecule has 0 bridgehead atoms. The van der Waals surface area contributed by atoms with E-state index in [0.717, 1.165) is 19.5 Å². The number of esters is 1. The Hall–Kier alpha value is -2.80. The summed E-state index contributed by atoms with van der Waals surface area (Å²) in [4.78, 5) is 14.3. The van der Waals surface area contributed by atoms with E-state index in [9.17, 15) is 4.79 Å². The third kappa shape index (κ3) is 3.98. The molecule has 0 fully saturated rings. The van der Waals surface area contributed by atoms with Crippen molar-refractivity contribution in [2.45, 2.75) is 13.0 Å². The average molecular weight is 386 g/mol. The number of nitrogens with zero attached hydrogens (tertiary/aromatic N) is 1. The highest BCUT2D eigenvalue weighted by molar-refractivity contribution is 7.80. The van der Waals surface area contributed by atoms with Crippen LogP contribution in [-0.2, 0) is 17.7 Å². The first-order valence-corrected chi connectivity index (χ1v) is 8.95. The number of carbonyl (C=O) groups is 1. The molecule has 1 aliphatic heterocycles. The average Bonchev–Trinajstić information content (AvgIpc) is 2.72. The van der Waals surface area contributed by atoms with Crippen LogP contribution >= 0.6 is 12.2 Å². The Balaban J connectivity index is 1.86. The van der Waals surface area contributed by atoms with Crippen LogP contribution in [-0.4, -0.2) is 43.9 Å². The number of hydrogen-bond donors (Lipinski definition) is 1. The van der Waals surface area contributed by atoms with Gasteiger partial charge < -0.3 is 24.4 Å². The highest BCUT2D eigenvalue weighted by Gasteiger charge is 2.22. The fraction of sp³-hybridized carbons (Fsp3) is 0.300. The van der Waals surface area contributed by atoms with Crippen LogP contribution in [0.3, 0.4) is 0 Å². The van der Waals surface area contributed by atoms with E-state index in [1.807, 2.05) is 6.07 Å². The zero-order valence-corrected chi connectivity index (χ0v) is 16.4. The maximum atomic E-state index is 12.2. The Morgan fingerprint density at radius 3 is 2.41 bits per heavy atom. The van der Waals surface area contributed by atoms with E-state index in [1.165, 1.54) is 25.3 Å². The zero-order chi connectivity index (χ0) is 19.4. The summed E-state index contributed by atoms with van der Waals surface area (Å²) in [5, 5.41) is 3.72. The van der Waals surface area contributed by atoms with Crippen molar-refractivity contribution in [3.8, 4) is 11.5 Å². The summed E-state index contributed by atoms with van der Waals surface area (Å²) in [5.74, 6) is 0.464. The lowest BCUT2D eigenvalue weighted by atomic mass is 10.0. The van der Waals surface area contributed by atoms with Crippen molar-refractivity contribution in [3.63, 3.8) is 0 Å². The Morgan fingerprint density at radius 1 is 1.07 bits per heavy atom. The minimum Gasteiger partial charge on any atom is -0.493 e. The van der Waals surface area contributed by atoms with Gasteiger partial charge in [-0.2, -0.15) is 0 Å². The van der Waals surface area contributed by atoms with Crippen LogP contribution in [0.25, 0.3) is 0 Å². The minimum atomic E-state index is -0.481. The molecule has 0 atom stereocenters. The highest BCUT2D eigenvalue weighted by Crippen LogP contribution is 2.34. The van der Waals surface area contributed by atoms with Gasteiger partial charge >= 0.3 is 5.97 Å². The summed E-state index contributed by atoms with van der Waals surface area (Å²) in [7, 11) is 4.39. The number of methoxy groups -OCH3 is 3. The van der Waals surface area contributed by atoms with Crippen LogP contribution in [0, 0.1) is 0 Å². The standard InChI is InChI=1S/C20H22N2O4S/c1-24-17-10-15(19(23)26-3)16(11-18(17)25-2)21-20(27)22-9-8-13-6-4-5-7-14(13)12-22/h4-7,10-11H,8-9,12H2,1-3H3,(H,21,27). The van der Waals surface area contributed by atoms with Gasteiger partial charge in [-0.25, -0.2) is 4.79 Å². The van der Waals surface area contributed by atoms with Crippen molar-refractivity contribution in [2.75, 3.05) is 33.2 Å². The van der Waals surface area contributed by atoms with E-state index in [2.05, 4.69) is 28.4 Å². The molecule has 0 aromatic heterocycles. The lowest BCUT2D eigenvalue weighted by Crippen LogP contribution is -2.39. The number of benzene rings is 2. The van der Waals surface area contributed by atoms with Crippen molar-refractivity contribution in [3.05, 3.63) is 53.1 Å². The Bertz CT molecular complexity index is 869. The van der Waals surface area contributed by atoms with Crippen molar-refractivity contribution in [1.82, 2.24) is 4.90 Å². The van der Waals surface area contributed by atoms with Crippen LogP contribution in [0.5, 0.6) is 11.5 Å². The van der Waals surface area contributed by atoms with Gasteiger partial charge in [-0.05, 0) is 29.8 Å². The van der Waals surface area contributed by atoms with Crippen LogP contribution in [0.4, 0.5) is 5.69 Å². The molecule has 2 aromatic carbocycles. The molecule has 0 radical (unpaired) electrons. The van der Waals surface area contributed by atoms with Gasteiger partial charge in [0, 0.05) is 25.2 Å². The third-order valence-corrected chi connectivity index (χ3v) is 4.95. The SMILES string of the molecule is COC(=O)c1cc(OC)c(OC)cc1NC(=S)N1CCc2ccccc2C1. The molecule has 1 aliphatic rings. The summed E-state index contributed by atoms with van der Waals surface area (Å²) in [6.07, 6.45) is 0.924. The molecule has 6 nitrogen and oxygen atoms in total. The maximum Gasteiger partial charge on any atom is 0.340 e. The van der Waals surface area contributed by atoms with Gasteiger partial charge in [-0.1, -0.05) is 24.3 Å². The second-order valence-corrected chi connectivity index (χ2v) is 6.50. The number of rotatable bonds is 4. The molecule has 0 saturated carbocycles. The lowest BCUT2D eigenvalue weighted by molar-refractivity contribution is 0.0601. The predicted octanol–water partition coefficient (Wildman–Crippen LogP) is 3.25. The van der Waals surface area contributed by atoms with Gasteiger partial charge in [0.25, 0.3) is 0 Å². The number of fused-ring (bicyclic) bond motifs is 1. The number of anilines is 1. The minimum absolute atomic E-state index is 0.329. The molecule has 27 heavy (non-hydrogen) atoms. The molecule has 0 saturated heterocycles. The summed E-state index contributed by atoms with van der Waals surface area (Å²) in [6.45, 7) is 1.53. The monoisotopic (exact) mass is 386 g/mol. The van der Waals surface area contributed by atoms with E-state index in [4.69, 9.17) is 26.4 Å². The number of nitrogens with one attached hydrogen (secondary N) is 1. The van der Waals surface area contributed by atoms with E-state index < -0.39 is 5.97 Å². The Labute approximate surface area is 164 Å². The largest absolute Gasteiger partial charge is 0.493 e. The second kappa shape index (κ2) is 8.26.